The summed E-state index contributed by atoms with van der Waals surface area (Å²) < 4.78 is 11.0. The summed E-state index contributed by atoms with van der Waals surface area (Å²) in [7, 11) is 0. The molecule has 106 valence electrons. The van der Waals surface area contributed by atoms with Crippen molar-refractivity contribution in [3.8, 4) is 5.88 Å². The molecule has 19 heavy (non-hydrogen) atoms. The van der Waals surface area contributed by atoms with Gasteiger partial charge in [0.05, 0.1) is 11.6 Å². The minimum atomic E-state index is 0.438. The minimum Gasteiger partial charge on any atom is -0.476 e. The Balaban J connectivity index is 2.00. The number of anilines is 1. The van der Waals surface area contributed by atoms with Crippen LogP contribution in [0.15, 0.2) is 6.07 Å². The smallest absolute Gasteiger partial charge is 0.234 e. The zero-order chi connectivity index (χ0) is 13.7. The third-order valence-corrected chi connectivity index (χ3v) is 3.60. The lowest BCUT2D eigenvalue weighted by Crippen LogP contribution is -2.21. The lowest BCUT2D eigenvalue weighted by atomic mass is 10.0. The summed E-state index contributed by atoms with van der Waals surface area (Å²) >= 11 is 12.1. The SMILES string of the molecule is CCNc1nc(OCC2CCOCC2)c(Cl)cc1Cl. The molecule has 1 aromatic heterocycles. The van der Waals surface area contributed by atoms with Crippen molar-refractivity contribution < 1.29 is 9.47 Å². The molecule has 0 spiro atoms. The molecule has 1 fully saturated rings. The van der Waals surface area contributed by atoms with Crippen molar-refractivity contribution >= 4 is 29.0 Å². The predicted octanol–water partition coefficient (Wildman–Crippen LogP) is 3.63. The molecule has 6 heteroatoms. The van der Waals surface area contributed by atoms with Crippen LogP contribution in [0.3, 0.4) is 0 Å². The summed E-state index contributed by atoms with van der Waals surface area (Å²) in [4.78, 5) is 4.32. The Hall–Kier alpha value is -0.710. The van der Waals surface area contributed by atoms with Crippen LogP contribution in [0.25, 0.3) is 0 Å². The number of nitrogens with one attached hydrogen (secondary N) is 1. The predicted molar refractivity (Wildman–Crippen MR) is 77.5 cm³/mol. The highest BCUT2D eigenvalue weighted by molar-refractivity contribution is 6.36. The number of hydrogen-bond donors (Lipinski definition) is 1. The largest absolute Gasteiger partial charge is 0.476 e. The number of rotatable bonds is 5. The Labute approximate surface area is 123 Å². The molecule has 0 atom stereocenters. The Kier molecular flexibility index (Phi) is 5.55. The molecule has 0 radical (unpaired) electrons. The maximum atomic E-state index is 6.09. The van der Waals surface area contributed by atoms with Gasteiger partial charge in [0.1, 0.15) is 10.8 Å². The van der Waals surface area contributed by atoms with E-state index in [9.17, 15) is 0 Å². The number of nitrogens with zero attached hydrogens (tertiary/aromatic N) is 1. The third-order valence-electron chi connectivity index (χ3n) is 3.04. The summed E-state index contributed by atoms with van der Waals surface area (Å²) in [6.45, 7) is 4.95. The molecule has 1 N–H and O–H groups in total. The Morgan fingerprint density at radius 1 is 1.37 bits per heavy atom. The van der Waals surface area contributed by atoms with Crippen molar-refractivity contribution in [2.75, 3.05) is 31.7 Å². The zero-order valence-corrected chi connectivity index (χ0v) is 12.4. The van der Waals surface area contributed by atoms with Crippen LogP contribution in [0.2, 0.25) is 10.0 Å². The minimum absolute atomic E-state index is 0.438. The summed E-state index contributed by atoms with van der Waals surface area (Å²) in [5.41, 5.74) is 0. The fourth-order valence-corrected chi connectivity index (χ4v) is 2.43. The number of halogens is 2. The van der Waals surface area contributed by atoms with Gasteiger partial charge in [-0.05, 0) is 31.7 Å². The van der Waals surface area contributed by atoms with Crippen molar-refractivity contribution in [1.82, 2.24) is 4.98 Å². The molecule has 0 aliphatic carbocycles. The Bertz CT molecular complexity index is 423. The van der Waals surface area contributed by atoms with E-state index >= 15 is 0 Å². The van der Waals surface area contributed by atoms with Crippen molar-refractivity contribution in [3.63, 3.8) is 0 Å². The van der Waals surface area contributed by atoms with Crippen LogP contribution >= 0.6 is 23.2 Å². The molecule has 1 aromatic rings. The van der Waals surface area contributed by atoms with Gasteiger partial charge in [-0.3, -0.25) is 0 Å². The summed E-state index contributed by atoms with van der Waals surface area (Å²) in [6.07, 6.45) is 2.04. The van der Waals surface area contributed by atoms with Gasteiger partial charge >= 0.3 is 0 Å². The summed E-state index contributed by atoms with van der Waals surface area (Å²) in [6, 6.07) is 1.66. The van der Waals surface area contributed by atoms with E-state index in [4.69, 9.17) is 32.7 Å². The normalized spacial score (nSPS) is 16.4. The van der Waals surface area contributed by atoms with Crippen LogP contribution in [0, 0.1) is 5.92 Å². The van der Waals surface area contributed by atoms with E-state index in [0.29, 0.717) is 34.3 Å². The van der Waals surface area contributed by atoms with E-state index in [2.05, 4.69) is 10.3 Å². The van der Waals surface area contributed by atoms with Gasteiger partial charge in [0.2, 0.25) is 5.88 Å². The van der Waals surface area contributed by atoms with E-state index < -0.39 is 0 Å². The molecule has 1 aliphatic heterocycles. The van der Waals surface area contributed by atoms with E-state index in [1.165, 1.54) is 0 Å². The van der Waals surface area contributed by atoms with Crippen molar-refractivity contribution in [1.29, 1.82) is 0 Å². The highest BCUT2D eigenvalue weighted by Crippen LogP contribution is 2.31. The Morgan fingerprint density at radius 3 is 2.79 bits per heavy atom. The second-order valence-corrected chi connectivity index (χ2v) is 5.32. The fraction of sp³-hybridized carbons (Fsp3) is 0.615. The van der Waals surface area contributed by atoms with Crippen LogP contribution in [0.1, 0.15) is 19.8 Å². The Morgan fingerprint density at radius 2 is 2.11 bits per heavy atom. The van der Waals surface area contributed by atoms with Crippen LogP contribution in [0.5, 0.6) is 5.88 Å². The second-order valence-electron chi connectivity index (χ2n) is 4.50. The van der Waals surface area contributed by atoms with Gasteiger partial charge in [-0.1, -0.05) is 23.2 Å². The van der Waals surface area contributed by atoms with Gasteiger partial charge in [0.15, 0.2) is 0 Å². The molecular formula is C13H18Cl2N2O2. The van der Waals surface area contributed by atoms with Crippen LogP contribution < -0.4 is 10.1 Å². The number of hydrogen-bond acceptors (Lipinski definition) is 4. The van der Waals surface area contributed by atoms with E-state index in [0.717, 1.165) is 32.6 Å². The summed E-state index contributed by atoms with van der Waals surface area (Å²) in [5.74, 6) is 1.55. The van der Waals surface area contributed by atoms with Crippen LogP contribution in [-0.2, 0) is 4.74 Å². The van der Waals surface area contributed by atoms with E-state index in [1.54, 1.807) is 6.07 Å². The molecule has 1 saturated heterocycles. The molecule has 0 unspecified atom stereocenters. The number of pyridine rings is 1. The van der Waals surface area contributed by atoms with Gasteiger partial charge in [0.25, 0.3) is 0 Å². The number of aromatic nitrogens is 1. The molecule has 0 bridgehead atoms. The van der Waals surface area contributed by atoms with Gasteiger partial charge in [-0.15, -0.1) is 0 Å². The molecule has 0 saturated carbocycles. The molecule has 0 amide bonds. The van der Waals surface area contributed by atoms with E-state index in [-0.39, 0.29) is 0 Å². The molecule has 2 heterocycles. The number of ether oxygens (including phenoxy) is 2. The van der Waals surface area contributed by atoms with Crippen molar-refractivity contribution in [3.05, 3.63) is 16.1 Å². The van der Waals surface area contributed by atoms with Crippen LogP contribution in [0.4, 0.5) is 5.82 Å². The van der Waals surface area contributed by atoms with Crippen molar-refractivity contribution in [2.45, 2.75) is 19.8 Å². The molecule has 2 rings (SSSR count). The first kappa shape index (κ1) is 14.7. The lowest BCUT2D eigenvalue weighted by Gasteiger charge is -2.22. The monoisotopic (exact) mass is 304 g/mol. The molecule has 0 aromatic carbocycles. The zero-order valence-electron chi connectivity index (χ0n) is 10.9. The third kappa shape index (κ3) is 4.13. The fourth-order valence-electron chi connectivity index (χ4n) is 1.95. The highest BCUT2D eigenvalue weighted by atomic mass is 35.5. The molecular weight excluding hydrogens is 287 g/mol. The lowest BCUT2D eigenvalue weighted by molar-refractivity contribution is 0.0491. The quantitative estimate of drug-likeness (QED) is 0.902. The van der Waals surface area contributed by atoms with E-state index in [1.807, 2.05) is 6.92 Å². The maximum Gasteiger partial charge on any atom is 0.234 e. The van der Waals surface area contributed by atoms with Gasteiger partial charge < -0.3 is 14.8 Å². The maximum absolute atomic E-state index is 6.09. The van der Waals surface area contributed by atoms with Crippen molar-refractivity contribution in [2.24, 2.45) is 5.92 Å². The first-order valence-corrected chi connectivity index (χ1v) is 7.26. The second kappa shape index (κ2) is 7.17. The van der Waals surface area contributed by atoms with Gasteiger partial charge in [0, 0.05) is 19.8 Å². The molecule has 4 nitrogen and oxygen atoms in total. The first-order chi connectivity index (χ1) is 9.20. The average molecular weight is 305 g/mol. The van der Waals surface area contributed by atoms with Gasteiger partial charge in [-0.2, -0.15) is 4.98 Å². The highest BCUT2D eigenvalue weighted by Gasteiger charge is 2.16. The van der Waals surface area contributed by atoms with Crippen LogP contribution in [-0.4, -0.2) is 31.3 Å². The average Bonchev–Trinajstić information content (AvgIpc) is 2.42. The topological polar surface area (TPSA) is 43.4 Å². The molecule has 1 aliphatic rings. The summed E-state index contributed by atoms with van der Waals surface area (Å²) in [5, 5.41) is 4.03. The van der Waals surface area contributed by atoms with Gasteiger partial charge in [-0.25, -0.2) is 0 Å². The standard InChI is InChI=1S/C13H18Cl2N2O2/c1-2-16-12-10(14)7-11(15)13(17-12)19-8-9-3-5-18-6-4-9/h7,9H,2-6,8H2,1H3,(H,16,17). The first-order valence-electron chi connectivity index (χ1n) is 6.51.